The Hall–Kier alpha value is -2.41. The minimum Gasteiger partial charge on any atom is -0.356 e. The number of halogens is 1. The summed E-state index contributed by atoms with van der Waals surface area (Å²) in [7, 11) is 1.79. The van der Waals surface area contributed by atoms with Gasteiger partial charge in [-0.25, -0.2) is 0 Å². The minimum atomic E-state index is 0.150. The summed E-state index contributed by atoms with van der Waals surface area (Å²) in [4.78, 5) is 4.31. The quantitative estimate of drug-likeness (QED) is 0.368. The molecule has 2 N–H and O–H groups in total. The van der Waals surface area contributed by atoms with E-state index in [1.54, 1.807) is 7.05 Å². The molecule has 2 heterocycles. The standard InChI is InChI=1S/C19H23BrN6/c1-14(15-8-3-4-9-16(15)20)23-19(21-2)22-12-7-11-18-25-24-17-10-5-6-13-26(17)18/h3-6,8-10,13-14H,7,11-12H2,1-2H3,(H2,21,22,23). The van der Waals surface area contributed by atoms with Gasteiger partial charge in [-0.05, 0) is 37.1 Å². The molecule has 3 aromatic rings. The number of rotatable bonds is 6. The topological polar surface area (TPSA) is 66.6 Å². The molecular formula is C19H23BrN6. The van der Waals surface area contributed by atoms with Gasteiger partial charge in [0.15, 0.2) is 11.6 Å². The van der Waals surface area contributed by atoms with Crippen LogP contribution < -0.4 is 10.6 Å². The van der Waals surface area contributed by atoms with E-state index in [0.29, 0.717) is 0 Å². The average molecular weight is 415 g/mol. The van der Waals surface area contributed by atoms with Crippen LogP contribution in [0.5, 0.6) is 0 Å². The molecule has 6 nitrogen and oxygen atoms in total. The Balaban J connectivity index is 1.49. The molecule has 7 heteroatoms. The van der Waals surface area contributed by atoms with E-state index in [4.69, 9.17) is 0 Å². The van der Waals surface area contributed by atoms with Crippen LogP contribution in [0.1, 0.15) is 30.8 Å². The number of fused-ring (bicyclic) bond motifs is 1. The van der Waals surface area contributed by atoms with Crippen LogP contribution in [0, 0.1) is 0 Å². The Morgan fingerprint density at radius 3 is 2.81 bits per heavy atom. The van der Waals surface area contributed by atoms with E-state index in [2.05, 4.69) is 54.7 Å². The van der Waals surface area contributed by atoms with Crippen LogP contribution in [0.4, 0.5) is 0 Å². The Morgan fingerprint density at radius 1 is 1.19 bits per heavy atom. The smallest absolute Gasteiger partial charge is 0.191 e. The number of hydrogen-bond donors (Lipinski definition) is 2. The van der Waals surface area contributed by atoms with Gasteiger partial charge in [0.1, 0.15) is 5.82 Å². The molecule has 0 spiro atoms. The van der Waals surface area contributed by atoms with Crippen molar-refractivity contribution in [3.63, 3.8) is 0 Å². The number of pyridine rings is 1. The molecule has 0 aliphatic carbocycles. The molecule has 1 aromatic carbocycles. The first-order chi connectivity index (χ1) is 12.7. The molecule has 0 bridgehead atoms. The number of nitrogens with one attached hydrogen (secondary N) is 2. The lowest BCUT2D eigenvalue weighted by atomic mass is 10.1. The van der Waals surface area contributed by atoms with Crippen LogP contribution in [0.2, 0.25) is 0 Å². The fourth-order valence-corrected chi connectivity index (χ4v) is 3.45. The third-order valence-corrected chi connectivity index (χ3v) is 4.92. The van der Waals surface area contributed by atoms with Gasteiger partial charge in [-0.3, -0.25) is 9.39 Å². The number of aliphatic imine (C=N–C) groups is 1. The zero-order valence-corrected chi connectivity index (χ0v) is 16.6. The SMILES string of the molecule is CN=C(NCCCc1nnc2ccccn12)NC(C)c1ccccc1Br. The van der Waals surface area contributed by atoms with Crippen molar-refractivity contribution >= 4 is 27.5 Å². The maximum Gasteiger partial charge on any atom is 0.191 e. The van der Waals surface area contributed by atoms with Gasteiger partial charge in [0.2, 0.25) is 0 Å². The summed E-state index contributed by atoms with van der Waals surface area (Å²) in [6.45, 7) is 2.93. The summed E-state index contributed by atoms with van der Waals surface area (Å²) in [5, 5.41) is 15.2. The van der Waals surface area contributed by atoms with E-state index < -0.39 is 0 Å². The first kappa shape index (κ1) is 18.4. The second-order valence-corrected chi connectivity index (χ2v) is 6.89. The number of benzene rings is 1. The monoisotopic (exact) mass is 414 g/mol. The van der Waals surface area contributed by atoms with Gasteiger partial charge in [-0.15, -0.1) is 10.2 Å². The second kappa shape index (κ2) is 8.80. The van der Waals surface area contributed by atoms with E-state index in [0.717, 1.165) is 41.3 Å². The molecule has 0 fully saturated rings. The Bertz CT molecular complexity index is 888. The summed E-state index contributed by atoms with van der Waals surface area (Å²) in [5.74, 6) is 1.77. The summed E-state index contributed by atoms with van der Waals surface area (Å²) >= 11 is 3.60. The van der Waals surface area contributed by atoms with Gasteiger partial charge in [-0.1, -0.05) is 40.2 Å². The lowest BCUT2D eigenvalue weighted by Gasteiger charge is -2.19. The highest BCUT2D eigenvalue weighted by Crippen LogP contribution is 2.22. The number of aryl methyl sites for hydroxylation is 1. The van der Waals surface area contributed by atoms with Crippen molar-refractivity contribution in [2.24, 2.45) is 4.99 Å². The molecule has 1 unspecified atom stereocenters. The number of guanidine groups is 1. The van der Waals surface area contributed by atoms with Gasteiger partial charge in [0.25, 0.3) is 0 Å². The molecule has 0 amide bonds. The third-order valence-electron chi connectivity index (χ3n) is 4.20. The van der Waals surface area contributed by atoms with Crippen molar-refractivity contribution in [2.75, 3.05) is 13.6 Å². The molecule has 0 aliphatic heterocycles. The maximum atomic E-state index is 4.31. The fraction of sp³-hybridized carbons (Fsp3) is 0.316. The highest BCUT2D eigenvalue weighted by molar-refractivity contribution is 9.10. The van der Waals surface area contributed by atoms with Crippen LogP contribution in [-0.4, -0.2) is 34.2 Å². The van der Waals surface area contributed by atoms with Gasteiger partial charge >= 0.3 is 0 Å². The van der Waals surface area contributed by atoms with E-state index in [1.807, 2.05) is 47.0 Å². The van der Waals surface area contributed by atoms with Crippen molar-refractivity contribution in [2.45, 2.75) is 25.8 Å². The Morgan fingerprint density at radius 2 is 2.00 bits per heavy atom. The molecule has 2 aromatic heterocycles. The predicted octanol–water partition coefficient (Wildman–Crippen LogP) is 3.35. The van der Waals surface area contributed by atoms with Crippen LogP contribution in [0.25, 0.3) is 5.65 Å². The summed E-state index contributed by atoms with van der Waals surface area (Å²) < 4.78 is 3.12. The van der Waals surface area contributed by atoms with Crippen molar-refractivity contribution < 1.29 is 0 Å². The fourth-order valence-electron chi connectivity index (χ4n) is 2.82. The Kier molecular flexibility index (Phi) is 6.22. The van der Waals surface area contributed by atoms with E-state index in [1.165, 1.54) is 5.56 Å². The third kappa shape index (κ3) is 4.40. The van der Waals surface area contributed by atoms with E-state index in [-0.39, 0.29) is 6.04 Å². The normalized spacial score (nSPS) is 13.0. The zero-order valence-electron chi connectivity index (χ0n) is 15.0. The largest absolute Gasteiger partial charge is 0.356 e. The van der Waals surface area contributed by atoms with Crippen molar-refractivity contribution in [3.05, 3.63) is 64.5 Å². The number of aromatic nitrogens is 3. The molecule has 0 saturated carbocycles. The van der Waals surface area contributed by atoms with Crippen molar-refractivity contribution in [1.29, 1.82) is 0 Å². The summed E-state index contributed by atoms with van der Waals surface area (Å²) in [5.41, 5.74) is 2.08. The molecule has 3 rings (SSSR count). The molecule has 0 radical (unpaired) electrons. The molecular weight excluding hydrogens is 392 g/mol. The number of nitrogens with zero attached hydrogens (tertiary/aromatic N) is 4. The molecule has 0 aliphatic rings. The van der Waals surface area contributed by atoms with Gasteiger partial charge < -0.3 is 10.6 Å². The molecule has 1 atom stereocenters. The van der Waals surface area contributed by atoms with E-state index in [9.17, 15) is 0 Å². The van der Waals surface area contributed by atoms with Crippen LogP contribution in [0.3, 0.4) is 0 Å². The average Bonchev–Trinajstić information content (AvgIpc) is 3.07. The van der Waals surface area contributed by atoms with Crippen LogP contribution >= 0.6 is 15.9 Å². The summed E-state index contributed by atoms with van der Waals surface area (Å²) in [6, 6.07) is 14.3. The molecule has 26 heavy (non-hydrogen) atoms. The summed E-state index contributed by atoms with van der Waals surface area (Å²) in [6.07, 6.45) is 3.80. The van der Waals surface area contributed by atoms with Crippen molar-refractivity contribution in [1.82, 2.24) is 25.2 Å². The maximum absolute atomic E-state index is 4.31. The van der Waals surface area contributed by atoms with Gasteiger partial charge in [-0.2, -0.15) is 0 Å². The molecule has 136 valence electrons. The van der Waals surface area contributed by atoms with E-state index >= 15 is 0 Å². The lowest BCUT2D eigenvalue weighted by Crippen LogP contribution is -2.39. The number of hydrogen-bond acceptors (Lipinski definition) is 3. The van der Waals surface area contributed by atoms with Gasteiger partial charge in [0.05, 0.1) is 6.04 Å². The highest BCUT2D eigenvalue weighted by Gasteiger charge is 2.10. The van der Waals surface area contributed by atoms with Crippen LogP contribution in [0.15, 0.2) is 58.1 Å². The Labute approximate surface area is 161 Å². The van der Waals surface area contributed by atoms with Crippen LogP contribution in [-0.2, 0) is 6.42 Å². The van der Waals surface area contributed by atoms with Crippen molar-refractivity contribution in [3.8, 4) is 0 Å². The lowest BCUT2D eigenvalue weighted by molar-refractivity contribution is 0.666. The second-order valence-electron chi connectivity index (χ2n) is 6.04. The zero-order chi connectivity index (χ0) is 18.4. The highest BCUT2D eigenvalue weighted by atomic mass is 79.9. The predicted molar refractivity (Wildman–Crippen MR) is 108 cm³/mol. The minimum absolute atomic E-state index is 0.150. The first-order valence-electron chi connectivity index (χ1n) is 8.69. The first-order valence-corrected chi connectivity index (χ1v) is 9.48. The molecule has 0 saturated heterocycles. The van der Waals surface area contributed by atoms with Gasteiger partial charge in [0, 0.05) is 30.7 Å².